The molecule has 0 saturated heterocycles. The Morgan fingerprint density at radius 3 is 1.88 bits per heavy atom. The average Bonchev–Trinajstić information content (AvgIpc) is 2.54. The Morgan fingerprint density at radius 1 is 0.958 bits per heavy atom. The molecule has 10 heteroatoms. The quantitative estimate of drug-likeness (QED) is 0.506. The lowest BCUT2D eigenvalue weighted by Crippen LogP contribution is -2.10. The van der Waals surface area contributed by atoms with E-state index in [2.05, 4.69) is 9.97 Å². The number of nitrogens with two attached hydrogens (primary N) is 2. The van der Waals surface area contributed by atoms with Crippen LogP contribution >= 0.6 is 0 Å². The smallest absolute Gasteiger partial charge is 0.221 e. The van der Waals surface area contributed by atoms with Gasteiger partial charge in [-0.05, 0) is 0 Å². The minimum Gasteiger partial charge on any atom is -0.504 e. The summed E-state index contributed by atoms with van der Waals surface area (Å²) in [5, 5.41) is 31.3. The van der Waals surface area contributed by atoms with E-state index in [-0.39, 0.29) is 40.1 Å². The van der Waals surface area contributed by atoms with Crippen molar-refractivity contribution in [2.75, 3.05) is 32.8 Å². The van der Waals surface area contributed by atoms with Crippen LogP contribution in [0.3, 0.4) is 0 Å². The number of benzene rings is 1. The number of phenols is 2. The highest BCUT2D eigenvalue weighted by molar-refractivity contribution is 5.71. The van der Waals surface area contributed by atoms with Crippen molar-refractivity contribution in [3.63, 3.8) is 0 Å². The maximum Gasteiger partial charge on any atom is 0.221 e. The largest absolute Gasteiger partial charge is 0.504 e. The lowest BCUT2D eigenvalue weighted by Gasteiger charge is -2.21. The molecule has 2 aromatic rings. The topological polar surface area (TPSA) is 166 Å². The molecular formula is C14H18N4O6. The molecule has 1 atom stereocenters. The van der Waals surface area contributed by atoms with Crippen molar-refractivity contribution in [1.82, 2.24) is 9.97 Å². The van der Waals surface area contributed by atoms with Crippen LogP contribution in [0.4, 0.5) is 11.8 Å². The van der Waals surface area contributed by atoms with E-state index in [9.17, 15) is 15.3 Å². The van der Waals surface area contributed by atoms with Crippen molar-refractivity contribution < 1.29 is 29.5 Å². The minimum absolute atomic E-state index is 0.0315. The number of aromatic nitrogens is 2. The van der Waals surface area contributed by atoms with E-state index in [0.717, 1.165) is 0 Å². The number of hydrogen-bond acceptors (Lipinski definition) is 10. The fourth-order valence-electron chi connectivity index (χ4n) is 2.28. The minimum atomic E-state index is -1.57. The Hall–Kier alpha value is -3.14. The van der Waals surface area contributed by atoms with Crippen LogP contribution in [0.15, 0.2) is 6.20 Å². The molecule has 10 nitrogen and oxygen atoms in total. The molecule has 0 aliphatic heterocycles. The zero-order valence-electron chi connectivity index (χ0n) is 13.3. The molecule has 2 rings (SSSR count). The first-order valence-electron chi connectivity index (χ1n) is 6.66. The van der Waals surface area contributed by atoms with Gasteiger partial charge in [0.05, 0.1) is 26.9 Å². The molecule has 7 N–H and O–H groups in total. The number of aliphatic hydroxyl groups excluding tert-OH is 1. The number of nitrogen functional groups attached to an aromatic ring is 2. The molecule has 130 valence electrons. The van der Waals surface area contributed by atoms with Crippen molar-refractivity contribution in [2.24, 2.45) is 0 Å². The summed E-state index contributed by atoms with van der Waals surface area (Å²) in [6.07, 6.45) is -0.385. The number of aromatic hydroxyl groups is 2. The van der Waals surface area contributed by atoms with E-state index in [0.29, 0.717) is 0 Å². The van der Waals surface area contributed by atoms with E-state index in [1.807, 2.05) is 0 Å². The summed E-state index contributed by atoms with van der Waals surface area (Å²) >= 11 is 0. The number of methoxy groups -OCH3 is 3. The van der Waals surface area contributed by atoms with Gasteiger partial charge in [0.2, 0.25) is 23.2 Å². The van der Waals surface area contributed by atoms with Gasteiger partial charge in [0.1, 0.15) is 11.9 Å². The Kier molecular flexibility index (Phi) is 4.69. The first-order chi connectivity index (χ1) is 11.4. The van der Waals surface area contributed by atoms with Gasteiger partial charge in [-0.1, -0.05) is 0 Å². The number of aliphatic hydroxyl groups is 1. The van der Waals surface area contributed by atoms with Crippen molar-refractivity contribution in [3.8, 4) is 28.7 Å². The van der Waals surface area contributed by atoms with Gasteiger partial charge in [-0.2, -0.15) is 4.98 Å². The molecule has 1 heterocycles. The summed E-state index contributed by atoms with van der Waals surface area (Å²) in [6, 6.07) is 0. The van der Waals surface area contributed by atoms with Gasteiger partial charge in [-0.25, -0.2) is 4.98 Å². The molecule has 1 unspecified atom stereocenters. The third kappa shape index (κ3) is 2.63. The average molecular weight is 338 g/mol. The number of nitrogens with zero attached hydrogens (tertiary/aromatic N) is 2. The van der Waals surface area contributed by atoms with Crippen molar-refractivity contribution >= 4 is 11.8 Å². The van der Waals surface area contributed by atoms with E-state index in [4.69, 9.17) is 25.7 Å². The maximum atomic E-state index is 10.6. The zero-order valence-corrected chi connectivity index (χ0v) is 13.3. The standard InChI is InChI=1S/C14H18N4O6/c1-22-10-8(20)6(9(21)11(23-2)12(10)24-3)7(19)5-4-17-14(16)18-13(5)15/h4,7,19-21H,1-3H3,(H4,15,16,17,18). The van der Waals surface area contributed by atoms with Gasteiger partial charge in [0.15, 0.2) is 11.5 Å². The van der Waals surface area contributed by atoms with E-state index < -0.39 is 17.6 Å². The Bertz CT molecular complexity index is 736. The van der Waals surface area contributed by atoms with Crippen LogP contribution in [0.2, 0.25) is 0 Å². The highest BCUT2D eigenvalue weighted by Crippen LogP contribution is 2.55. The Labute approximate surface area is 137 Å². The summed E-state index contributed by atoms with van der Waals surface area (Å²) < 4.78 is 15.2. The van der Waals surface area contributed by atoms with Crippen LogP contribution in [0.1, 0.15) is 17.2 Å². The first kappa shape index (κ1) is 17.2. The second-order valence-electron chi connectivity index (χ2n) is 4.68. The molecule has 0 saturated carbocycles. The lowest BCUT2D eigenvalue weighted by atomic mass is 9.99. The molecule has 0 aliphatic rings. The predicted octanol–water partition coefficient (Wildman–Crippen LogP) is 0.160. The summed E-state index contributed by atoms with van der Waals surface area (Å²) in [6.45, 7) is 0. The molecular weight excluding hydrogens is 320 g/mol. The van der Waals surface area contributed by atoms with Gasteiger partial charge in [0, 0.05) is 11.8 Å². The fourth-order valence-corrected chi connectivity index (χ4v) is 2.28. The SMILES string of the molecule is COc1c(O)c(C(O)c2cnc(N)nc2N)c(O)c(OC)c1OC. The fraction of sp³-hybridized carbons (Fsp3) is 0.286. The summed E-state index contributed by atoms with van der Waals surface area (Å²) in [5.74, 6) is -1.57. The zero-order chi connectivity index (χ0) is 18.0. The molecule has 0 amide bonds. The van der Waals surface area contributed by atoms with Crippen molar-refractivity contribution in [1.29, 1.82) is 0 Å². The Balaban J connectivity index is 2.73. The third-order valence-electron chi connectivity index (χ3n) is 3.40. The molecule has 24 heavy (non-hydrogen) atoms. The molecule has 1 aromatic carbocycles. The second kappa shape index (κ2) is 6.54. The van der Waals surface area contributed by atoms with Crippen molar-refractivity contribution in [3.05, 3.63) is 17.3 Å². The number of rotatable bonds is 5. The summed E-state index contributed by atoms with van der Waals surface area (Å²) in [7, 11) is 3.87. The van der Waals surface area contributed by atoms with Gasteiger partial charge in [0.25, 0.3) is 0 Å². The summed E-state index contributed by atoms with van der Waals surface area (Å²) in [5.41, 5.74) is 10.9. The molecule has 0 spiro atoms. The molecule has 0 aliphatic carbocycles. The molecule has 0 radical (unpaired) electrons. The Morgan fingerprint density at radius 2 is 1.46 bits per heavy atom. The lowest BCUT2D eigenvalue weighted by molar-refractivity contribution is 0.205. The van der Waals surface area contributed by atoms with Gasteiger partial charge in [-0.15, -0.1) is 0 Å². The predicted molar refractivity (Wildman–Crippen MR) is 84.3 cm³/mol. The molecule has 0 bridgehead atoms. The maximum absolute atomic E-state index is 10.6. The second-order valence-corrected chi connectivity index (χ2v) is 4.68. The van der Waals surface area contributed by atoms with Crippen molar-refractivity contribution in [2.45, 2.75) is 6.10 Å². The van der Waals surface area contributed by atoms with Gasteiger partial charge >= 0.3 is 0 Å². The number of anilines is 2. The third-order valence-corrected chi connectivity index (χ3v) is 3.40. The van der Waals surface area contributed by atoms with Crippen LogP contribution in [-0.2, 0) is 0 Å². The highest BCUT2D eigenvalue weighted by Gasteiger charge is 2.31. The van der Waals surface area contributed by atoms with E-state index in [1.165, 1.54) is 27.5 Å². The van der Waals surface area contributed by atoms with Gasteiger partial charge in [-0.3, -0.25) is 0 Å². The number of hydrogen-bond donors (Lipinski definition) is 5. The normalized spacial score (nSPS) is 11.8. The molecule has 0 fully saturated rings. The van der Waals surface area contributed by atoms with Crippen LogP contribution in [0.5, 0.6) is 28.7 Å². The first-order valence-corrected chi connectivity index (χ1v) is 6.66. The van der Waals surface area contributed by atoms with Crippen LogP contribution < -0.4 is 25.7 Å². The summed E-state index contributed by atoms with van der Waals surface area (Å²) in [4.78, 5) is 7.47. The van der Waals surface area contributed by atoms with Crippen LogP contribution in [0.25, 0.3) is 0 Å². The number of ether oxygens (including phenoxy) is 3. The monoisotopic (exact) mass is 338 g/mol. The molecule has 1 aromatic heterocycles. The van der Waals surface area contributed by atoms with Crippen LogP contribution in [0, 0.1) is 0 Å². The van der Waals surface area contributed by atoms with E-state index >= 15 is 0 Å². The van der Waals surface area contributed by atoms with E-state index in [1.54, 1.807) is 0 Å². The van der Waals surface area contributed by atoms with Crippen LogP contribution in [-0.4, -0.2) is 46.6 Å². The number of phenolic OH excluding ortho intramolecular Hbond substituents is 2. The van der Waals surface area contributed by atoms with Gasteiger partial charge < -0.3 is 41.0 Å². The highest BCUT2D eigenvalue weighted by atomic mass is 16.5.